The van der Waals surface area contributed by atoms with E-state index in [9.17, 15) is 5.11 Å². The smallest absolute Gasteiger partial charge is 0.185 e. The summed E-state index contributed by atoms with van der Waals surface area (Å²) in [5.41, 5.74) is 2.09. The number of nitrogens with zero attached hydrogens (tertiary/aromatic N) is 3. The minimum absolute atomic E-state index is 0.403. The molecule has 0 unspecified atom stereocenters. The number of aromatic nitrogens is 1. The summed E-state index contributed by atoms with van der Waals surface area (Å²) < 4.78 is 0. The van der Waals surface area contributed by atoms with E-state index in [1.165, 1.54) is 0 Å². The topological polar surface area (TPSA) is 39.6 Å². The number of aliphatic hydroxyl groups excluding tert-OH is 1. The van der Waals surface area contributed by atoms with Gasteiger partial charge in [0.2, 0.25) is 0 Å². The highest BCUT2D eigenvalue weighted by atomic mass is 32.1. The lowest BCUT2D eigenvalue weighted by Crippen LogP contribution is -2.47. The van der Waals surface area contributed by atoms with E-state index >= 15 is 0 Å². The van der Waals surface area contributed by atoms with Crippen LogP contribution in [0.15, 0.2) is 35.7 Å². The first-order valence-corrected chi connectivity index (χ1v) is 8.23. The molecule has 1 aliphatic heterocycles. The van der Waals surface area contributed by atoms with Crippen molar-refractivity contribution >= 4 is 16.5 Å². The molecule has 2 aromatic rings. The van der Waals surface area contributed by atoms with Crippen molar-refractivity contribution in [2.75, 3.05) is 37.6 Å². The Morgan fingerprint density at radius 3 is 2.52 bits per heavy atom. The Bertz CT molecular complexity index is 564. The van der Waals surface area contributed by atoms with E-state index < -0.39 is 6.10 Å². The van der Waals surface area contributed by atoms with Crippen LogP contribution in [0.4, 0.5) is 5.13 Å². The highest BCUT2D eigenvalue weighted by Crippen LogP contribution is 2.22. The summed E-state index contributed by atoms with van der Waals surface area (Å²) in [7, 11) is 0. The monoisotopic (exact) mass is 303 g/mol. The van der Waals surface area contributed by atoms with Crippen molar-refractivity contribution in [1.82, 2.24) is 9.88 Å². The van der Waals surface area contributed by atoms with Gasteiger partial charge in [0.05, 0.1) is 11.8 Å². The Morgan fingerprint density at radius 1 is 1.19 bits per heavy atom. The molecular formula is C16H21N3OS. The molecule has 1 aromatic carbocycles. The van der Waals surface area contributed by atoms with E-state index in [1.807, 2.05) is 37.3 Å². The molecule has 1 atom stereocenters. The predicted octanol–water partition coefficient (Wildman–Crippen LogP) is 2.31. The van der Waals surface area contributed by atoms with Crippen LogP contribution in [0.5, 0.6) is 0 Å². The van der Waals surface area contributed by atoms with Crippen molar-refractivity contribution in [1.29, 1.82) is 0 Å². The summed E-state index contributed by atoms with van der Waals surface area (Å²) in [5, 5.41) is 13.5. The van der Waals surface area contributed by atoms with Gasteiger partial charge in [-0.3, -0.25) is 4.90 Å². The molecule has 1 aromatic heterocycles. The molecule has 1 aliphatic rings. The van der Waals surface area contributed by atoms with Crippen LogP contribution < -0.4 is 4.90 Å². The first-order valence-electron chi connectivity index (χ1n) is 7.35. The van der Waals surface area contributed by atoms with E-state index in [-0.39, 0.29) is 0 Å². The number of piperazine rings is 1. The van der Waals surface area contributed by atoms with Crippen LogP contribution in [0.3, 0.4) is 0 Å². The highest BCUT2D eigenvalue weighted by molar-refractivity contribution is 7.13. The van der Waals surface area contributed by atoms with Gasteiger partial charge < -0.3 is 10.0 Å². The molecule has 21 heavy (non-hydrogen) atoms. The molecule has 112 valence electrons. The fourth-order valence-corrected chi connectivity index (χ4v) is 3.49. The van der Waals surface area contributed by atoms with Gasteiger partial charge in [-0.2, -0.15) is 0 Å². The normalized spacial score (nSPS) is 17.9. The maximum absolute atomic E-state index is 10.3. The Morgan fingerprint density at radius 2 is 1.90 bits per heavy atom. The first kappa shape index (κ1) is 14.5. The zero-order valence-corrected chi connectivity index (χ0v) is 13.1. The fourth-order valence-electron chi connectivity index (χ4n) is 2.63. The average Bonchev–Trinajstić information content (AvgIpc) is 2.95. The van der Waals surface area contributed by atoms with Crippen molar-refractivity contribution in [3.63, 3.8) is 0 Å². The summed E-state index contributed by atoms with van der Waals surface area (Å²) in [6.45, 7) is 6.65. The van der Waals surface area contributed by atoms with Gasteiger partial charge in [-0.25, -0.2) is 4.98 Å². The van der Waals surface area contributed by atoms with Crippen LogP contribution >= 0.6 is 11.3 Å². The third kappa shape index (κ3) is 3.61. The molecule has 1 N–H and O–H groups in total. The second-order valence-electron chi connectivity index (χ2n) is 5.49. The van der Waals surface area contributed by atoms with Crippen LogP contribution in [0.1, 0.15) is 17.4 Å². The Hall–Kier alpha value is -1.43. The molecule has 0 radical (unpaired) electrons. The molecule has 4 nitrogen and oxygen atoms in total. The fraction of sp³-hybridized carbons (Fsp3) is 0.438. The second kappa shape index (κ2) is 6.56. The number of aliphatic hydroxyl groups is 1. The van der Waals surface area contributed by atoms with Gasteiger partial charge in [0.15, 0.2) is 5.13 Å². The van der Waals surface area contributed by atoms with Gasteiger partial charge in [-0.1, -0.05) is 30.3 Å². The molecule has 0 saturated carbocycles. The molecule has 5 heteroatoms. The molecule has 0 spiro atoms. The SMILES string of the molecule is Cc1csc(N2CCN(C[C@@H](O)c3ccccc3)CC2)n1. The van der Waals surface area contributed by atoms with E-state index in [4.69, 9.17) is 0 Å². The van der Waals surface area contributed by atoms with Gasteiger partial charge in [-0.05, 0) is 12.5 Å². The van der Waals surface area contributed by atoms with Gasteiger partial charge >= 0.3 is 0 Å². The molecule has 3 rings (SSSR count). The maximum atomic E-state index is 10.3. The van der Waals surface area contributed by atoms with E-state index in [1.54, 1.807) is 11.3 Å². The lowest BCUT2D eigenvalue weighted by Gasteiger charge is -2.35. The third-order valence-electron chi connectivity index (χ3n) is 3.87. The average molecular weight is 303 g/mol. The van der Waals surface area contributed by atoms with E-state index in [2.05, 4.69) is 20.2 Å². The number of rotatable bonds is 4. The van der Waals surface area contributed by atoms with Crippen LogP contribution in [0.25, 0.3) is 0 Å². The van der Waals surface area contributed by atoms with Crippen LogP contribution in [-0.2, 0) is 0 Å². The summed E-state index contributed by atoms with van der Waals surface area (Å²) >= 11 is 1.71. The van der Waals surface area contributed by atoms with Crippen LogP contribution in [-0.4, -0.2) is 47.7 Å². The van der Waals surface area contributed by atoms with Crippen molar-refractivity contribution in [2.45, 2.75) is 13.0 Å². The molecular weight excluding hydrogens is 282 g/mol. The van der Waals surface area contributed by atoms with Crippen molar-refractivity contribution in [2.24, 2.45) is 0 Å². The van der Waals surface area contributed by atoms with Gasteiger partial charge in [-0.15, -0.1) is 11.3 Å². The zero-order valence-electron chi connectivity index (χ0n) is 12.3. The largest absolute Gasteiger partial charge is 0.387 e. The minimum Gasteiger partial charge on any atom is -0.387 e. The summed E-state index contributed by atoms with van der Waals surface area (Å²) in [5.74, 6) is 0. The van der Waals surface area contributed by atoms with Gasteiger partial charge in [0.1, 0.15) is 0 Å². The Labute approximate surface area is 129 Å². The minimum atomic E-state index is -0.403. The van der Waals surface area contributed by atoms with Gasteiger partial charge in [0.25, 0.3) is 0 Å². The molecule has 1 fully saturated rings. The van der Waals surface area contributed by atoms with E-state index in [0.717, 1.165) is 42.6 Å². The first-order chi connectivity index (χ1) is 10.2. The standard InChI is InChI=1S/C16H21N3OS/c1-13-12-21-16(17-13)19-9-7-18(8-10-19)11-15(20)14-5-3-2-4-6-14/h2-6,12,15,20H,7-11H2,1H3/t15-/m1/s1. The second-order valence-corrected chi connectivity index (χ2v) is 6.32. The molecule has 1 saturated heterocycles. The maximum Gasteiger partial charge on any atom is 0.185 e. The molecule has 0 aliphatic carbocycles. The van der Waals surface area contributed by atoms with Crippen molar-refractivity contribution < 1.29 is 5.11 Å². The zero-order chi connectivity index (χ0) is 14.7. The van der Waals surface area contributed by atoms with Crippen molar-refractivity contribution in [3.8, 4) is 0 Å². The number of aryl methyl sites for hydroxylation is 1. The molecule has 2 heterocycles. The number of hydrogen-bond acceptors (Lipinski definition) is 5. The molecule has 0 bridgehead atoms. The lowest BCUT2D eigenvalue weighted by atomic mass is 10.1. The van der Waals surface area contributed by atoms with Crippen molar-refractivity contribution in [3.05, 3.63) is 47.0 Å². The molecule has 0 amide bonds. The Balaban J connectivity index is 1.52. The summed E-state index contributed by atoms with van der Waals surface area (Å²) in [6, 6.07) is 9.89. The highest BCUT2D eigenvalue weighted by Gasteiger charge is 2.21. The number of hydrogen-bond donors (Lipinski definition) is 1. The van der Waals surface area contributed by atoms with Crippen LogP contribution in [0, 0.1) is 6.92 Å². The van der Waals surface area contributed by atoms with E-state index in [0.29, 0.717) is 6.54 Å². The number of thiazole rings is 1. The Kier molecular flexibility index (Phi) is 4.53. The predicted molar refractivity (Wildman–Crippen MR) is 86.9 cm³/mol. The quantitative estimate of drug-likeness (QED) is 0.941. The lowest BCUT2D eigenvalue weighted by molar-refractivity contribution is 0.109. The number of β-amino-alcohol motifs (C(OH)–C–C–N with tert-alkyl or cyclic N) is 1. The van der Waals surface area contributed by atoms with Gasteiger partial charge in [0, 0.05) is 38.1 Å². The van der Waals surface area contributed by atoms with Crippen LogP contribution in [0.2, 0.25) is 0 Å². The number of benzene rings is 1. The third-order valence-corrected chi connectivity index (χ3v) is 4.88. The number of anilines is 1. The summed E-state index contributed by atoms with van der Waals surface area (Å²) in [6.07, 6.45) is -0.403. The summed E-state index contributed by atoms with van der Waals surface area (Å²) in [4.78, 5) is 9.21.